The van der Waals surface area contributed by atoms with Crippen molar-refractivity contribution < 1.29 is 14.3 Å². The maximum Gasteiger partial charge on any atom is 0.317 e. The highest BCUT2D eigenvalue weighted by Gasteiger charge is 2.24. The van der Waals surface area contributed by atoms with E-state index < -0.39 is 0 Å². The number of benzene rings is 1. The van der Waals surface area contributed by atoms with Gasteiger partial charge in [0.05, 0.1) is 0 Å². The fourth-order valence-electron chi connectivity index (χ4n) is 3.58. The van der Waals surface area contributed by atoms with Crippen molar-refractivity contribution in [3.8, 4) is 11.5 Å². The van der Waals surface area contributed by atoms with Crippen LogP contribution in [0.4, 0.5) is 4.79 Å². The lowest BCUT2D eigenvalue weighted by Crippen LogP contribution is -2.47. The molecule has 27 heavy (non-hydrogen) atoms. The van der Waals surface area contributed by atoms with E-state index in [9.17, 15) is 4.79 Å². The molecule has 2 amide bonds. The Bertz CT molecular complexity index is 821. The first-order chi connectivity index (χ1) is 13.1. The predicted molar refractivity (Wildman–Crippen MR) is 106 cm³/mol. The van der Waals surface area contributed by atoms with Gasteiger partial charge in [-0.2, -0.15) is 0 Å². The van der Waals surface area contributed by atoms with Crippen LogP contribution in [0.1, 0.15) is 16.0 Å². The minimum atomic E-state index is 0.0107. The summed E-state index contributed by atoms with van der Waals surface area (Å²) in [6.07, 6.45) is 1.74. The molecule has 1 aromatic heterocycles. The lowest BCUT2D eigenvalue weighted by molar-refractivity contribution is 0.172. The highest BCUT2D eigenvalue weighted by molar-refractivity contribution is 7.10. The third kappa shape index (κ3) is 3.89. The number of para-hydroxylation sites is 1. The molecule has 0 unspecified atom stereocenters. The van der Waals surface area contributed by atoms with Gasteiger partial charge in [-0.15, -0.1) is 11.3 Å². The van der Waals surface area contributed by atoms with Crippen molar-refractivity contribution in [1.82, 2.24) is 15.1 Å². The largest absolute Gasteiger partial charge is 0.454 e. The molecule has 0 aliphatic carbocycles. The topological polar surface area (TPSA) is 54.0 Å². The molecule has 0 spiro atoms. The van der Waals surface area contributed by atoms with Crippen LogP contribution in [0.25, 0.3) is 0 Å². The number of nitrogens with one attached hydrogen (secondary N) is 1. The summed E-state index contributed by atoms with van der Waals surface area (Å²) in [5, 5.41) is 5.23. The van der Waals surface area contributed by atoms with Crippen LogP contribution in [0.2, 0.25) is 0 Å². The first-order valence-electron chi connectivity index (χ1n) is 9.23. The predicted octanol–water partition coefficient (Wildman–Crippen LogP) is 2.72. The summed E-state index contributed by atoms with van der Waals surface area (Å²) in [6.45, 7) is 2.34. The monoisotopic (exact) mass is 387 g/mol. The first kappa shape index (κ1) is 18.1. The third-order valence-corrected chi connectivity index (χ3v) is 6.27. The molecule has 144 valence electrons. The van der Waals surface area contributed by atoms with Gasteiger partial charge in [-0.25, -0.2) is 4.79 Å². The van der Waals surface area contributed by atoms with Crippen molar-refractivity contribution in [2.45, 2.75) is 25.4 Å². The molecule has 3 heterocycles. The zero-order valence-corrected chi connectivity index (χ0v) is 16.6. The number of rotatable bonds is 5. The minimum Gasteiger partial charge on any atom is -0.454 e. The molecule has 1 aromatic carbocycles. The summed E-state index contributed by atoms with van der Waals surface area (Å²) in [5.74, 6) is 1.63. The molecule has 0 radical (unpaired) electrons. The van der Waals surface area contributed by atoms with Gasteiger partial charge in [0.1, 0.15) is 0 Å². The van der Waals surface area contributed by atoms with E-state index in [0.717, 1.165) is 36.4 Å². The number of urea groups is 1. The summed E-state index contributed by atoms with van der Waals surface area (Å²) < 4.78 is 11.1. The van der Waals surface area contributed by atoms with Crippen molar-refractivity contribution in [1.29, 1.82) is 0 Å². The van der Waals surface area contributed by atoms with Gasteiger partial charge in [0.15, 0.2) is 11.5 Å². The Morgan fingerprint density at radius 2 is 2.22 bits per heavy atom. The van der Waals surface area contributed by atoms with E-state index in [-0.39, 0.29) is 18.9 Å². The Labute approximate surface area is 163 Å². The average Bonchev–Trinajstić information content (AvgIpc) is 3.33. The highest BCUT2D eigenvalue weighted by Crippen LogP contribution is 2.36. The number of fused-ring (bicyclic) bond motifs is 2. The third-order valence-electron chi connectivity index (χ3n) is 5.25. The van der Waals surface area contributed by atoms with Gasteiger partial charge in [0.2, 0.25) is 6.79 Å². The molecule has 7 heteroatoms. The molecule has 0 bridgehead atoms. The second kappa shape index (κ2) is 7.78. The molecule has 1 atom stereocenters. The average molecular weight is 388 g/mol. The second-order valence-electron chi connectivity index (χ2n) is 7.20. The van der Waals surface area contributed by atoms with Crippen LogP contribution in [0.15, 0.2) is 29.6 Å². The number of thiophene rings is 1. The quantitative estimate of drug-likeness (QED) is 0.857. The molecule has 2 aliphatic rings. The number of carbonyl (C=O) groups excluding carboxylic acids is 1. The smallest absolute Gasteiger partial charge is 0.317 e. The van der Waals surface area contributed by atoms with E-state index in [0.29, 0.717) is 13.1 Å². The van der Waals surface area contributed by atoms with Gasteiger partial charge in [-0.05, 0) is 55.6 Å². The molecule has 0 saturated heterocycles. The molecule has 0 fully saturated rings. The van der Waals surface area contributed by atoms with Crippen molar-refractivity contribution in [3.05, 3.63) is 45.6 Å². The van der Waals surface area contributed by atoms with E-state index in [2.05, 4.69) is 27.7 Å². The second-order valence-corrected chi connectivity index (χ2v) is 8.20. The van der Waals surface area contributed by atoms with E-state index in [1.54, 1.807) is 11.3 Å². The zero-order valence-electron chi connectivity index (χ0n) is 15.7. The molecular formula is C20H25N3O3S. The minimum absolute atomic E-state index is 0.0107. The van der Waals surface area contributed by atoms with Gasteiger partial charge < -0.3 is 24.6 Å². The van der Waals surface area contributed by atoms with E-state index in [4.69, 9.17) is 9.47 Å². The molecule has 6 nitrogen and oxygen atoms in total. The van der Waals surface area contributed by atoms with Crippen molar-refractivity contribution in [2.75, 3.05) is 34.0 Å². The number of ether oxygens (including phenoxy) is 2. The van der Waals surface area contributed by atoms with Crippen molar-refractivity contribution in [3.63, 3.8) is 0 Å². The van der Waals surface area contributed by atoms with Crippen LogP contribution in [0.5, 0.6) is 11.5 Å². The number of likely N-dealkylation sites (N-methyl/N-ethyl adjacent to an activating group) is 1. The Balaban J connectivity index is 1.37. The van der Waals surface area contributed by atoms with Crippen LogP contribution in [-0.4, -0.2) is 55.9 Å². The van der Waals surface area contributed by atoms with Crippen molar-refractivity contribution in [2.24, 2.45) is 0 Å². The standard InChI is InChI=1S/C20H25N3O3S/c1-22(2)16(10-14-4-3-5-17-19(14)26-13-25-17)11-21-20(24)23-8-6-18-15(12-23)7-9-27-18/h3-5,7,9,16H,6,8,10-13H2,1-2H3,(H,21,24)/t16-/m0/s1. The summed E-state index contributed by atoms with van der Waals surface area (Å²) in [4.78, 5) is 18.1. The van der Waals surface area contributed by atoms with Gasteiger partial charge >= 0.3 is 6.03 Å². The van der Waals surface area contributed by atoms with Gasteiger partial charge in [0, 0.05) is 30.6 Å². The Hall–Kier alpha value is -2.25. The fraction of sp³-hybridized carbons (Fsp3) is 0.450. The SMILES string of the molecule is CN(C)[C@H](CNC(=O)N1CCc2sccc2C1)Cc1cccc2c1OCO2. The van der Waals surface area contributed by atoms with Crippen molar-refractivity contribution >= 4 is 17.4 Å². The first-order valence-corrected chi connectivity index (χ1v) is 10.1. The lowest BCUT2D eigenvalue weighted by atomic mass is 10.0. The molecule has 0 saturated carbocycles. The van der Waals surface area contributed by atoms with Crippen LogP contribution < -0.4 is 14.8 Å². The van der Waals surface area contributed by atoms with E-state index in [1.807, 2.05) is 31.1 Å². The van der Waals surface area contributed by atoms with E-state index in [1.165, 1.54) is 10.4 Å². The molecular weight excluding hydrogens is 362 g/mol. The number of carbonyl (C=O) groups is 1. The summed E-state index contributed by atoms with van der Waals surface area (Å²) >= 11 is 1.79. The molecule has 2 aromatic rings. The van der Waals surface area contributed by atoms with Crippen LogP contribution in [-0.2, 0) is 19.4 Å². The summed E-state index contributed by atoms with van der Waals surface area (Å²) in [7, 11) is 4.08. The Morgan fingerprint density at radius 1 is 1.33 bits per heavy atom. The number of hydrogen-bond acceptors (Lipinski definition) is 5. The highest BCUT2D eigenvalue weighted by atomic mass is 32.1. The number of amides is 2. The van der Waals surface area contributed by atoms with Crippen LogP contribution >= 0.6 is 11.3 Å². The summed E-state index contributed by atoms with van der Waals surface area (Å²) in [5.41, 5.74) is 2.39. The maximum atomic E-state index is 12.7. The lowest BCUT2D eigenvalue weighted by Gasteiger charge is -2.30. The normalized spacial score (nSPS) is 16.3. The van der Waals surface area contributed by atoms with Gasteiger partial charge in [0.25, 0.3) is 0 Å². The van der Waals surface area contributed by atoms with Gasteiger partial charge in [-0.3, -0.25) is 0 Å². The van der Waals surface area contributed by atoms with E-state index >= 15 is 0 Å². The number of hydrogen-bond donors (Lipinski definition) is 1. The molecule has 1 N–H and O–H groups in total. The van der Waals surface area contributed by atoms with Crippen LogP contribution in [0.3, 0.4) is 0 Å². The summed E-state index contributed by atoms with van der Waals surface area (Å²) in [6, 6.07) is 8.28. The zero-order chi connectivity index (χ0) is 18.8. The fourth-order valence-corrected chi connectivity index (χ4v) is 4.47. The molecule has 4 rings (SSSR count). The van der Waals surface area contributed by atoms with Gasteiger partial charge in [-0.1, -0.05) is 12.1 Å². The number of nitrogens with zero attached hydrogens (tertiary/aromatic N) is 2. The molecule has 2 aliphatic heterocycles. The van der Waals surface area contributed by atoms with Crippen LogP contribution in [0, 0.1) is 0 Å². The maximum absolute atomic E-state index is 12.7. The Morgan fingerprint density at radius 3 is 3.07 bits per heavy atom. The Kier molecular flexibility index (Phi) is 5.22.